The molecule has 4 nitrogen and oxygen atoms in total. The Morgan fingerprint density at radius 2 is 1.36 bits per heavy atom. The summed E-state index contributed by atoms with van der Waals surface area (Å²) in [6, 6.07) is 19.6. The summed E-state index contributed by atoms with van der Waals surface area (Å²) in [4.78, 5) is 26.5. The molecule has 3 rings (SSSR count). The molecule has 3 aromatic carbocycles. The topological polar surface area (TPSA) is 58.2 Å². The van der Waals surface area contributed by atoms with E-state index in [9.17, 15) is 9.59 Å². The number of carbonyl (C=O) groups is 2. The highest BCUT2D eigenvalue weighted by molar-refractivity contribution is 7.99. The van der Waals surface area contributed by atoms with Crippen molar-refractivity contribution in [2.75, 3.05) is 5.32 Å². The second-order valence-corrected chi connectivity index (χ2v) is 7.91. The van der Waals surface area contributed by atoms with Crippen LogP contribution in [-0.4, -0.2) is 11.9 Å². The lowest BCUT2D eigenvalue weighted by atomic mass is 10.2. The van der Waals surface area contributed by atoms with Crippen LogP contribution in [0.25, 0.3) is 0 Å². The number of anilines is 1. The van der Waals surface area contributed by atoms with Gasteiger partial charge in [-0.2, -0.15) is 0 Å². The Bertz CT molecular complexity index is 986. The third-order valence-corrected chi connectivity index (χ3v) is 5.43. The molecular weight excluding hydrogens is 415 g/mol. The highest BCUT2D eigenvalue weighted by Crippen LogP contribution is 2.28. The minimum absolute atomic E-state index is 0.0610. The van der Waals surface area contributed by atoms with E-state index in [-0.39, 0.29) is 15.6 Å². The SMILES string of the molecule is Cc1ccc(Sc2ccc(NC(=O)NC(=O)c3c(Cl)cccc3Cl)cc2)cc1. The molecule has 0 aliphatic heterocycles. The summed E-state index contributed by atoms with van der Waals surface area (Å²) in [5.41, 5.74) is 1.83. The van der Waals surface area contributed by atoms with Crippen LogP contribution in [-0.2, 0) is 0 Å². The standard InChI is InChI=1S/C21H16Cl2N2O2S/c1-13-5-9-15(10-6-13)28-16-11-7-14(8-12-16)24-21(27)25-20(26)19-17(22)3-2-4-18(19)23/h2-12H,1H3,(H2,24,25,26,27). The van der Waals surface area contributed by atoms with Crippen LogP contribution in [0.2, 0.25) is 10.0 Å². The molecule has 0 aromatic heterocycles. The lowest BCUT2D eigenvalue weighted by Gasteiger charge is -2.09. The van der Waals surface area contributed by atoms with Gasteiger partial charge in [-0.1, -0.05) is 58.7 Å². The number of imide groups is 1. The molecule has 0 aliphatic carbocycles. The number of carbonyl (C=O) groups excluding carboxylic acids is 2. The Labute approximate surface area is 177 Å². The van der Waals surface area contributed by atoms with Crippen molar-refractivity contribution < 1.29 is 9.59 Å². The number of benzene rings is 3. The van der Waals surface area contributed by atoms with Gasteiger partial charge in [0.2, 0.25) is 0 Å². The molecule has 28 heavy (non-hydrogen) atoms. The van der Waals surface area contributed by atoms with Gasteiger partial charge in [-0.05, 0) is 55.5 Å². The van der Waals surface area contributed by atoms with Crippen molar-refractivity contribution in [3.63, 3.8) is 0 Å². The van der Waals surface area contributed by atoms with E-state index in [0.717, 1.165) is 9.79 Å². The molecule has 0 heterocycles. The third-order valence-electron chi connectivity index (χ3n) is 3.79. The fraction of sp³-hybridized carbons (Fsp3) is 0.0476. The number of hydrogen-bond acceptors (Lipinski definition) is 3. The van der Waals surface area contributed by atoms with Gasteiger partial charge in [-0.15, -0.1) is 0 Å². The van der Waals surface area contributed by atoms with E-state index >= 15 is 0 Å². The lowest BCUT2D eigenvalue weighted by molar-refractivity contribution is 0.0967. The summed E-state index contributed by atoms with van der Waals surface area (Å²) in [6.07, 6.45) is 0. The lowest BCUT2D eigenvalue weighted by Crippen LogP contribution is -2.34. The second kappa shape index (κ2) is 9.15. The van der Waals surface area contributed by atoms with Crippen LogP contribution in [0.15, 0.2) is 76.5 Å². The molecule has 7 heteroatoms. The van der Waals surface area contributed by atoms with Gasteiger partial charge in [-0.3, -0.25) is 10.1 Å². The first-order chi connectivity index (χ1) is 13.4. The number of nitrogens with one attached hydrogen (secondary N) is 2. The van der Waals surface area contributed by atoms with E-state index in [0.29, 0.717) is 5.69 Å². The summed E-state index contributed by atoms with van der Waals surface area (Å²) >= 11 is 13.6. The van der Waals surface area contributed by atoms with Crippen LogP contribution in [0.4, 0.5) is 10.5 Å². The van der Waals surface area contributed by atoms with E-state index in [1.807, 2.05) is 19.1 Å². The van der Waals surface area contributed by atoms with Gasteiger partial charge in [0, 0.05) is 15.5 Å². The molecule has 3 amide bonds. The Morgan fingerprint density at radius 3 is 1.93 bits per heavy atom. The average Bonchev–Trinajstić information content (AvgIpc) is 2.65. The van der Waals surface area contributed by atoms with Gasteiger partial charge in [-0.25, -0.2) is 4.79 Å². The summed E-state index contributed by atoms with van der Waals surface area (Å²) in [5, 5.41) is 5.19. The number of hydrogen-bond donors (Lipinski definition) is 2. The smallest absolute Gasteiger partial charge is 0.308 e. The number of rotatable bonds is 4. The van der Waals surface area contributed by atoms with Gasteiger partial charge in [0.25, 0.3) is 5.91 Å². The molecular formula is C21H16Cl2N2O2S. The number of aryl methyl sites for hydroxylation is 1. The summed E-state index contributed by atoms with van der Waals surface area (Å²) in [7, 11) is 0. The Morgan fingerprint density at radius 1 is 0.821 bits per heavy atom. The maximum atomic E-state index is 12.2. The fourth-order valence-corrected chi connectivity index (χ4v) is 3.78. The quantitative estimate of drug-likeness (QED) is 0.502. The molecule has 142 valence electrons. The van der Waals surface area contributed by atoms with Crippen molar-refractivity contribution in [1.82, 2.24) is 5.32 Å². The van der Waals surface area contributed by atoms with Crippen LogP contribution >= 0.6 is 35.0 Å². The minimum Gasteiger partial charge on any atom is -0.308 e. The zero-order valence-electron chi connectivity index (χ0n) is 14.8. The van der Waals surface area contributed by atoms with Crippen LogP contribution < -0.4 is 10.6 Å². The fourth-order valence-electron chi connectivity index (χ4n) is 2.39. The number of amides is 3. The molecule has 0 saturated heterocycles. The van der Waals surface area contributed by atoms with E-state index in [1.165, 1.54) is 17.7 Å². The van der Waals surface area contributed by atoms with Crippen LogP contribution in [0.3, 0.4) is 0 Å². The number of halogens is 2. The van der Waals surface area contributed by atoms with Crippen molar-refractivity contribution in [3.8, 4) is 0 Å². The Hall–Kier alpha value is -2.47. The van der Waals surface area contributed by atoms with Gasteiger partial charge >= 0.3 is 6.03 Å². The monoisotopic (exact) mass is 430 g/mol. The first kappa shape index (κ1) is 20.3. The second-order valence-electron chi connectivity index (χ2n) is 5.94. The third kappa shape index (κ3) is 5.29. The van der Waals surface area contributed by atoms with Gasteiger partial charge in [0.1, 0.15) is 0 Å². The minimum atomic E-state index is -0.667. The normalized spacial score (nSPS) is 10.4. The molecule has 0 radical (unpaired) electrons. The first-order valence-corrected chi connectivity index (χ1v) is 9.90. The molecule has 0 spiro atoms. The maximum Gasteiger partial charge on any atom is 0.326 e. The van der Waals surface area contributed by atoms with E-state index in [4.69, 9.17) is 23.2 Å². The molecule has 0 saturated carbocycles. The van der Waals surface area contributed by atoms with Crippen molar-refractivity contribution in [1.29, 1.82) is 0 Å². The Balaban J connectivity index is 1.60. The molecule has 2 N–H and O–H groups in total. The molecule has 0 bridgehead atoms. The van der Waals surface area contributed by atoms with Crippen LogP contribution in [0.1, 0.15) is 15.9 Å². The van der Waals surface area contributed by atoms with Gasteiger partial charge in [0.15, 0.2) is 0 Å². The van der Waals surface area contributed by atoms with Crippen molar-refractivity contribution >= 4 is 52.6 Å². The summed E-state index contributed by atoms with van der Waals surface area (Å²) in [5.74, 6) is -0.667. The Kier molecular flexibility index (Phi) is 6.62. The highest BCUT2D eigenvalue weighted by Gasteiger charge is 2.17. The molecule has 0 unspecified atom stereocenters. The van der Waals surface area contributed by atoms with E-state index in [2.05, 4.69) is 34.9 Å². The molecule has 0 aliphatic rings. The first-order valence-electron chi connectivity index (χ1n) is 8.33. The van der Waals surface area contributed by atoms with Gasteiger partial charge in [0.05, 0.1) is 15.6 Å². The average molecular weight is 431 g/mol. The molecule has 0 fully saturated rings. The largest absolute Gasteiger partial charge is 0.326 e. The zero-order chi connectivity index (χ0) is 20.1. The van der Waals surface area contributed by atoms with Crippen molar-refractivity contribution in [2.24, 2.45) is 0 Å². The molecule has 0 atom stereocenters. The van der Waals surface area contributed by atoms with Crippen LogP contribution in [0.5, 0.6) is 0 Å². The van der Waals surface area contributed by atoms with E-state index < -0.39 is 11.9 Å². The maximum absolute atomic E-state index is 12.2. The summed E-state index contributed by atoms with van der Waals surface area (Å²) in [6.45, 7) is 2.05. The predicted molar refractivity (Wildman–Crippen MR) is 115 cm³/mol. The number of urea groups is 1. The van der Waals surface area contributed by atoms with Crippen molar-refractivity contribution in [2.45, 2.75) is 16.7 Å². The van der Waals surface area contributed by atoms with E-state index in [1.54, 1.807) is 30.0 Å². The predicted octanol–water partition coefficient (Wildman–Crippen LogP) is 6.41. The summed E-state index contributed by atoms with van der Waals surface area (Å²) < 4.78 is 0. The van der Waals surface area contributed by atoms with Gasteiger partial charge < -0.3 is 5.32 Å². The highest BCUT2D eigenvalue weighted by atomic mass is 35.5. The molecule has 3 aromatic rings. The van der Waals surface area contributed by atoms with Crippen molar-refractivity contribution in [3.05, 3.63) is 87.9 Å². The zero-order valence-corrected chi connectivity index (χ0v) is 17.2. The van der Waals surface area contributed by atoms with Crippen LogP contribution in [0, 0.1) is 6.92 Å².